The number of fused-ring (bicyclic) bond motifs is 1. The zero-order valence-corrected chi connectivity index (χ0v) is 11.9. The molecule has 0 spiro atoms. The highest BCUT2D eigenvalue weighted by atomic mass is 32.2. The van der Waals surface area contributed by atoms with Crippen molar-refractivity contribution in [2.45, 2.75) is 11.4 Å². The van der Waals surface area contributed by atoms with E-state index in [2.05, 4.69) is 14.7 Å². The van der Waals surface area contributed by atoms with Crippen LogP contribution in [0, 0.1) is 0 Å². The Morgan fingerprint density at radius 3 is 2.71 bits per heavy atom. The van der Waals surface area contributed by atoms with Crippen molar-refractivity contribution < 1.29 is 8.42 Å². The number of benzene rings is 1. The molecule has 0 unspecified atom stereocenters. The SMILES string of the molecule is Nc1ccc2[nH]cc(S(=O)(=O)NCc3ccncc3)c2c1. The summed E-state index contributed by atoms with van der Waals surface area (Å²) in [5, 5.41) is 0.581. The van der Waals surface area contributed by atoms with Crippen LogP contribution in [0.3, 0.4) is 0 Å². The van der Waals surface area contributed by atoms with Gasteiger partial charge in [-0.05, 0) is 35.9 Å². The molecule has 0 atom stereocenters. The molecular formula is C14H14N4O2S. The molecule has 7 heteroatoms. The van der Waals surface area contributed by atoms with E-state index in [1.54, 1.807) is 42.7 Å². The monoisotopic (exact) mass is 302 g/mol. The van der Waals surface area contributed by atoms with Crippen LogP contribution in [-0.4, -0.2) is 18.4 Å². The topological polar surface area (TPSA) is 101 Å². The van der Waals surface area contributed by atoms with Crippen LogP contribution in [0.5, 0.6) is 0 Å². The second kappa shape index (κ2) is 5.19. The average molecular weight is 302 g/mol. The van der Waals surface area contributed by atoms with Crippen LogP contribution in [-0.2, 0) is 16.6 Å². The highest BCUT2D eigenvalue weighted by molar-refractivity contribution is 7.89. The molecule has 3 aromatic rings. The number of nitrogens with zero attached hydrogens (tertiary/aromatic N) is 1. The number of pyridine rings is 1. The van der Waals surface area contributed by atoms with E-state index in [9.17, 15) is 8.42 Å². The summed E-state index contributed by atoms with van der Waals surface area (Å²) >= 11 is 0. The molecular weight excluding hydrogens is 288 g/mol. The van der Waals surface area contributed by atoms with Gasteiger partial charge >= 0.3 is 0 Å². The normalized spacial score (nSPS) is 11.8. The van der Waals surface area contributed by atoms with Gasteiger partial charge in [-0.2, -0.15) is 0 Å². The van der Waals surface area contributed by atoms with Gasteiger partial charge in [-0.25, -0.2) is 13.1 Å². The predicted molar refractivity (Wildman–Crippen MR) is 81.0 cm³/mol. The van der Waals surface area contributed by atoms with Gasteiger partial charge in [0.2, 0.25) is 10.0 Å². The Bertz CT molecular complexity index is 872. The van der Waals surface area contributed by atoms with Crippen molar-refractivity contribution in [3.8, 4) is 0 Å². The number of aromatic amines is 1. The van der Waals surface area contributed by atoms with Gasteiger partial charge < -0.3 is 10.7 Å². The fraction of sp³-hybridized carbons (Fsp3) is 0.0714. The predicted octanol–water partition coefficient (Wildman–Crippen LogP) is 1.62. The lowest BCUT2D eigenvalue weighted by Gasteiger charge is -2.06. The maximum absolute atomic E-state index is 12.4. The lowest BCUT2D eigenvalue weighted by atomic mass is 10.2. The van der Waals surface area contributed by atoms with Gasteiger partial charge in [0, 0.05) is 41.7 Å². The third-order valence-electron chi connectivity index (χ3n) is 3.17. The Hall–Kier alpha value is -2.38. The minimum atomic E-state index is -3.62. The summed E-state index contributed by atoms with van der Waals surface area (Å²) in [6.07, 6.45) is 4.71. The first-order chi connectivity index (χ1) is 10.1. The zero-order chi connectivity index (χ0) is 14.9. The van der Waals surface area contributed by atoms with E-state index < -0.39 is 10.0 Å². The van der Waals surface area contributed by atoms with E-state index in [1.807, 2.05) is 0 Å². The minimum absolute atomic E-state index is 0.193. The van der Waals surface area contributed by atoms with Crippen LogP contribution >= 0.6 is 0 Å². The molecule has 0 aliphatic rings. The van der Waals surface area contributed by atoms with Crippen LogP contribution in [0.15, 0.2) is 53.8 Å². The number of nitrogens with one attached hydrogen (secondary N) is 2. The van der Waals surface area contributed by atoms with E-state index in [-0.39, 0.29) is 11.4 Å². The van der Waals surface area contributed by atoms with Crippen molar-refractivity contribution in [1.29, 1.82) is 0 Å². The summed E-state index contributed by atoms with van der Waals surface area (Å²) in [4.78, 5) is 7.02. The highest BCUT2D eigenvalue weighted by Crippen LogP contribution is 2.24. The summed E-state index contributed by atoms with van der Waals surface area (Å²) in [5.41, 5.74) is 7.82. The fourth-order valence-electron chi connectivity index (χ4n) is 2.09. The molecule has 2 heterocycles. The van der Waals surface area contributed by atoms with E-state index in [4.69, 9.17) is 5.73 Å². The highest BCUT2D eigenvalue weighted by Gasteiger charge is 2.18. The lowest BCUT2D eigenvalue weighted by molar-refractivity contribution is 0.582. The molecule has 108 valence electrons. The molecule has 0 aliphatic carbocycles. The largest absolute Gasteiger partial charge is 0.399 e. The number of H-pyrrole nitrogens is 1. The molecule has 4 N–H and O–H groups in total. The molecule has 3 rings (SSSR count). The van der Waals surface area contributed by atoms with E-state index >= 15 is 0 Å². The molecule has 0 saturated heterocycles. The number of sulfonamides is 1. The third kappa shape index (κ3) is 2.74. The molecule has 6 nitrogen and oxygen atoms in total. The van der Waals surface area contributed by atoms with Crippen molar-refractivity contribution >= 4 is 26.6 Å². The van der Waals surface area contributed by atoms with Crippen LogP contribution in [0.4, 0.5) is 5.69 Å². The number of rotatable bonds is 4. The lowest BCUT2D eigenvalue weighted by Crippen LogP contribution is -2.23. The van der Waals surface area contributed by atoms with Crippen molar-refractivity contribution in [2.24, 2.45) is 0 Å². The Balaban J connectivity index is 1.91. The van der Waals surface area contributed by atoms with Crippen LogP contribution < -0.4 is 10.5 Å². The maximum atomic E-state index is 12.4. The molecule has 1 aromatic carbocycles. The Kier molecular flexibility index (Phi) is 3.36. The van der Waals surface area contributed by atoms with Crippen molar-refractivity contribution in [3.05, 3.63) is 54.5 Å². The number of aromatic nitrogens is 2. The Labute approximate surface area is 122 Å². The molecule has 21 heavy (non-hydrogen) atoms. The Morgan fingerprint density at radius 2 is 1.95 bits per heavy atom. The van der Waals surface area contributed by atoms with Gasteiger partial charge in [0.05, 0.1) is 0 Å². The van der Waals surface area contributed by atoms with Crippen LogP contribution in [0.2, 0.25) is 0 Å². The van der Waals surface area contributed by atoms with Gasteiger partial charge in [0.15, 0.2) is 0 Å². The van der Waals surface area contributed by atoms with Crippen LogP contribution in [0.1, 0.15) is 5.56 Å². The van der Waals surface area contributed by atoms with Crippen LogP contribution in [0.25, 0.3) is 10.9 Å². The molecule has 0 saturated carbocycles. The average Bonchev–Trinajstić information content (AvgIpc) is 2.90. The summed E-state index contributed by atoms with van der Waals surface area (Å²) in [5.74, 6) is 0. The number of nitrogens with two attached hydrogens (primary N) is 1. The molecule has 0 amide bonds. The molecule has 0 aliphatic heterocycles. The van der Waals surface area contributed by atoms with Gasteiger partial charge in [0.1, 0.15) is 4.90 Å². The maximum Gasteiger partial charge on any atom is 0.242 e. The van der Waals surface area contributed by atoms with E-state index in [1.165, 1.54) is 6.20 Å². The molecule has 0 bridgehead atoms. The quantitative estimate of drug-likeness (QED) is 0.637. The number of nitrogen functional groups attached to an aromatic ring is 1. The first-order valence-corrected chi connectivity index (χ1v) is 7.80. The smallest absolute Gasteiger partial charge is 0.242 e. The number of hydrogen-bond acceptors (Lipinski definition) is 4. The summed E-state index contributed by atoms with van der Waals surface area (Å²) in [6, 6.07) is 8.64. The molecule has 2 aromatic heterocycles. The number of anilines is 1. The second-order valence-corrected chi connectivity index (χ2v) is 6.37. The third-order valence-corrected chi connectivity index (χ3v) is 4.61. The molecule has 0 fully saturated rings. The van der Waals surface area contributed by atoms with Gasteiger partial charge in [-0.1, -0.05) is 0 Å². The summed E-state index contributed by atoms with van der Waals surface area (Å²) in [7, 11) is -3.62. The van der Waals surface area contributed by atoms with E-state index in [0.29, 0.717) is 11.1 Å². The standard InChI is InChI=1S/C14H14N4O2S/c15-11-1-2-13-12(7-11)14(9-17-13)21(19,20)18-8-10-3-5-16-6-4-10/h1-7,9,17-18H,8,15H2. The molecule has 0 radical (unpaired) electrons. The van der Waals surface area contributed by atoms with Gasteiger partial charge in [0.25, 0.3) is 0 Å². The minimum Gasteiger partial charge on any atom is -0.399 e. The van der Waals surface area contributed by atoms with Crippen molar-refractivity contribution in [3.63, 3.8) is 0 Å². The second-order valence-electron chi connectivity index (χ2n) is 4.64. The first-order valence-electron chi connectivity index (χ1n) is 6.31. The fourth-order valence-corrected chi connectivity index (χ4v) is 3.28. The van der Waals surface area contributed by atoms with E-state index in [0.717, 1.165) is 11.1 Å². The first kappa shape index (κ1) is 13.6. The van der Waals surface area contributed by atoms with Crippen molar-refractivity contribution in [2.75, 3.05) is 5.73 Å². The van der Waals surface area contributed by atoms with Crippen molar-refractivity contribution in [1.82, 2.24) is 14.7 Å². The van der Waals surface area contributed by atoms with Gasteiger partial charge in [-0.3, -0.25) is 4.98 Å². The Morgan fingerprint density at radius 1 is 1.19 bits per heavy atom. The summed E-state index contributed by atoms with van der Waals surface area (Å²) in [6.45, 7) is 0.208. The summed E-state index contributed by atoms with van der Waals surface area (Å²) < 4.78 is 27.4. The number of hydrogen-bond donors (Lipinski definition) is 3. The zero-order valence-electron chi connectivity index (χ0n) is 11.1. The van der Waals surface area contributed by atoms with Gasteiger partial charge in [-0.15, -0.1) is 0 Å².